The summed E-state index contributed by atoms with van der Waals surface area (Å²) in [7, 11) is 0. The van der Waals surface area contributed by atoms with Crippen LogP contribution in [0.4, 0.5) is 5.82 Å². The molecule has 3 N–H and O–H groups in total. The number of pyridine rings is 1. The summed E-state index contributed by atoms with van der Waals surface area (Å²) in [6, 6.07) is 3.52. The molecule has 3 heterocycles. The second-order valence-electron chi connectivity index (χ2n) is 6.86. The SMILES string of the molecule is CC(C)CC(CO)Nc1nc(SC(C)c2ccc(Cl)cn2)nc2[nH]c(=O)sc12. The molecule has 7 nitrogen and oxygen atoms in total. The Morgan fingerprint density at radius 1 is 1.32 bits per heavy atom. The average molecular weight is 440 g/mol. The summed E-state index contributed by atoms with van der Waals surface area (Å²) < 4.78 is 0.661. The molecule has 2 unspecified atom stereocenters. The van der Waals surface area contributed by atoms with E-state index in [9.17, 15) is 9.90 Å². The number of nitrogens with zero attached hydrogens (tertiary/aromatic N) is 3. The highest BCUT2D eigenvalue weighted by atomic mass is 35.5. The fourth-order valence-electron chi connectivity index (χ4n) is 2.76. The number of hydrogen-bond donors (Lipinski definition) is 3. The van der Waals surface area contributed by atoms with Crippen LogP contribution in [0.5, 0.6) is 0 Å². The lowest BCUT2D eigenvalue weighted by atomic mass is 10.0. The maximum Gasteiger partial charge on any atom is 0.306 e. The number of aromatic amines is 1. The molecule has 0 amide bonds. The van der Waals surface area contributed by atoms with Gasteiger partial charge in [0.1, 0.15) is 4.70 Å². The van der Waals surface area contributed by atoms with E-state index < -0.39 is 0 Å². The van der Waals surface area contributed by atoms with E-state index in [1.807, 2.05) is 13.0 Å². The highest BCUT2D eigenvalue weighted by Gasteiger charge is 2.18. The van der Waals surface area contributed by atoms with Gasteiger partial charge >= 0.3 is 4.87 Å². The van der Waals surface area contributed by atoms with Gasteiger partial charge in [-0.15, -0.1) is 0 Å². The molecule has 0 bridgehead atoms. The molecule has 0 spiro atoms. The Balaban J connectivity index is 1.90. The largest absolute Gasteiger partial charge is 0.394 e. The standard InChI is InChI=1S/C18H22ClN5O2S2/c1-9(2)6-12(8-25)21-15-14-16(24-18(26)28-14)23-17(22-15)27-10(3)13-5-4-11(19)7-20-13/h4-5,7,9-10,12,25H,6,8H2,1-3H3,(H2,21,22,23,24,26). The number of H-pyrrole nitrogens is 1. The van der Waals surface area contributed by atoms with Gasteiger partial charge < -0.3 is 10.4 Å². The van der Waals surface area contributed by atoms with Crippen LogP contribution in [0.25, 0.3) is 10.3 Å². The number of thiazole rings is 1. The molecule has 3 rings (SSSR count). The van der Waals surface area contributed by atoms with Crippen molar-refractivity contribution in [3.05, 3.63) is 38.7 Å². The third kappa shape index (κ3) is 5.22. The van der Waals surface area contributed by atoms with Gasteiger partial charge in [0.15, 0.2) is 16.6 Å². The maximum absolute atomic E-state index is 11.8. The summed E-state index contributed by atoms with van der Waals surface area (Å²) in [5, 5.41) is 14.1. The first kappa shape index (κ1) is 21.0. The van der Waals surface area contributed by atoms with Gasteiger partial charge in [-0.1, -0.05) is 48.5 Å². The van der Waals surface area contributed by atoms with Crippen molar-refractivity contribution >= 4 is 50.9 Å². The van der Waals surface area contributed by atoms with Crippen molar-refractivity contribution in [1.29, 1.82) is 0 Å². The zero-order chi connectivity index (χ0) is 20.3. The number of rotatable bonds is 8. The minimum atomic E-state index is -0.189. The molecule has 0 aliphatic heterocycles. The van der Waals surface area contributed by atoms with Crippen molar-refractivity contribution in [3.63, 3.8) is 0 Å². The number of anilines is 1. The van der Waals surface area contributed by atoms with Crippen molar-refractivity contribution in [2.24, 2.45) is 5.92 Å². The lowest BCUT2D eigenvalue weighted by Crippen LogP contribution is -2.26. The number of hydrogen-bond acceptors (Lipinski definition) is 8. The average Bonchev–Trinajstić information content (AvgIpc) is 3.01. The van der Waals surface area contributed by atoms with Gasteiger partial charge in [0.05, 0.1) is 28.6 Å². The minimum absolute atomic E-state index is 0.00257. The van der Waals surface area contributed by atoms with E-state index in [0.717, 1.165) is 23.5 Å². The highest BCUT2D eigenvalue weighted by molar-refractivity contribution is 7.99. The van der Waals surface area contributed by atoms with E-state index in [0.29, 0.717) is 32.3 Å². The fourth-order valence-corrected chi connectivity index (χ4v) is 4.47. The molecule has 0 saturated carbocycles. The number of halogens is 1. The Morgan fingerprint density at radius 3 is 2.75 bits per heavy atom. The molecule has 0 aliphatic carbocycles. The predicted molar refractivity (Wildman–Crippen MR) is 116 cm³/mol. The number of aliphatic hydroxyl groups is 1. The Hall–Kier alpha value is -1.68. The molecule has 0 radical (unpaired) electrons. The summed E-state index contributed by atoms with van der Waals surface area (Å²) in [4.78, 5) is 27.9. The van der Waals surface area contributed by atoms with Crippen LogP contribution in [0.15, 0.2) is 28.3 Å². The minimum Gasteiger partial charge on any atom is -0.394 e. The van der Waals surface area contributed by atoms with E-state index in [4.69, 9.17) is 11.6 Å². The van der Waals surface area contributed by atoms with Gasteiger partial charge in [-0.05, 0) is 31.4 Å². The number of fused-ring (bicyclic) bond motifs is 1. The summed E-state index contributed by atoms with van der Waals surface area (Å²) in [5.41, 5.74) is 1.35. The van der Waals surface area contributed by atoms with Crippen LogP contribution in [-0.4, -0.2) is 37.7 Å². The highest BCUT2D eigenvalue weighted by Crippen LogP contribution is 2.34. The monoisotopic (exact) mass is 439 g/mol. The summed E-state index contributed by atoms with van der Waals surface area (Å²) in [5.74, 6) is 0.976. The molecule has 3 aromatic heterocycles. The molecule has 2 atom stereocenters. The van der Waals surface area contributed by atoms with Crippen molar-refractivity contribution in [3.8, 4) is 0 Å². The first-order chi connectivity index (χ1) is 13.4. The Bertz CT molecular complexity index is 990. The molecule has 3 aromatic rings. The number of thioether (sulfide) groups is 1. The normalized spacial score (nSPS) is 13.8. The smallest absolute Gasteiger partial charge is 0.306 e. The zero-order valence-electron chi connectivity index (χ0n) is 15.8. The summed E-state index contributed by atoms with van der Waals surface area (Å²) >= 11 is 8.41. The lowest BCUT2D eigenvalue weighted by molar-refractivity contribution is 0.259. The quantitative estimate of drug-likeness (QED) is 0.358. The summed E-state index contributed by atoms with van der Waals surface area (Å²) in [6.07, 6.45) is 2.40. The first-order valence-corrected chi connectivity index (χ1v) is 11.0. The van der Waals surface area contributed by atoms with Gasteiger partial charge in [-0.3, -0.25) is 14.8 Å². The van der Waals surface area contributed by atoms with Crippen LogP contribution in [0, 0.1) is 5.92 Å². The van der Waals surface area contributed by atoms with Crippen molar-refractivity contribution in [1.82, 2.24) is 19.9 Å². The lowest BCUT2D eigenvalue weighted by Gasteiger charge is -2.19. The van der Waals surface area contributed by atoms with Gasteiger partial charge in [0.2, 0.25) is 0 Å². The van der Waals surface area contributed by atoms with Gasteiger partial charge in [0.25, 0.3) is 0 Å². The molecule has 0 aromatic carbocycles. The van der Waals surface area contributed by atoms with Crippen LogP contribution < -0.4 is 10.2 Å². The van der Waals surface area contributed by atoms with Crippen LogP contribution >= 0.6 is 34.7 Å². The number of nitrogens with one attached hydrogen (secondary N) is 2. The number of aromatic nitrogens is 4. The van der Waals surface area contributed by atoms with Crippen molar-refractivity contribution in [2.75, 3.05) is 11.9 Å². The van der Waals surface area contributed by atoms with Crippen LogP contribution in [0.2, 0.25) is 5.02 Å². The molecule has 10 heteroatoms. The van der Waals surface area contributed by atoms with E-state index in [-0.39, 0.29) is 22.8 Å². The molecule has 28 heavy (non-hydrogen) atoms. The Labute approximate surface area is 176 Å². The first-order valence-electron chi connectivity index (χ1n) is 8.92. The molecule has 0 saturated heterocycles. The third-order valence-corrected chi connectivity index (χ3v) is 6.12. The van der Waals surface area contributed by atoms with E-state index >= 15 is 0 Å². The molecular formula is C18H22ClN5O2S2. The van der Waals surface area contributed by atoms with Crippen LogP contribution in [0.3, 0.4) is 0 Å². The topological polar surface area (TPSA) is 104 Å². The molecule has 0 fully saturated rings. The molecule has 150 valence electrons. The van der Waals surface area contributed by atoms with Gasteiger partial charge in [-0.25, -0.2) is 9.97 Å². The predicted octanol–water partition coefficient (Wildman–Crippen LogP) is 4.10. The Morgan fingerprint density at radius 2 is 2.11 bits per heavy atom. The van der Waals surface area contributed by atoms with Gasteiger partial charge in [0, 0.05) is 6.20 Å². The van der Waals surface area contributed by atoms with Crippen molar-refractivity contribution in [2.45, 2.75) is 43.6 Å². The maximum atomic E-state index is 11.8. The number of aliphatic hydroxyl groups excluding tert-OH is 1. The van der Waals surface area contributed by atoms with E-state index in [1.165, 1.54) is 11.8 Å². The van der Waals surface area contributed by atoms with E-state index in [1.54, 1.807) is 12.3 Å². The Kier molecular flexibility index (Phi) is 6.92. The zero-order valence-corrected chi connectivity index (χ0v) is 18.2. The van der Waals surface area contributed by atoms with Crippen LogP contribution in [-0.2, 0) is 0 Å². The van der Waals surface area contributed by atoms with Crippen molar-refractivity contribution < 1.29 is 5.11 Å². The third-order valence-electron chi connectivity index (χ3n) is 4.03. The second kappa shape index (κ2) is 9.21. The molecular weight excluding hydrogens is 418 g/mol. The molecule has 0 aliphatic rings. The van der Waals surface area contributed by atoms with E-state index in [2.05, 4.69) is 39.1 Å². The second-order valence-corrected chi connectivity index (χ2v) is 9.59. The summed E-state index contributed by atoms with van der Waals surface area (Å²) in [6.45, 7) is 6.18. The fraction of sp³-hybridized carbons (Fsp3) is 0.444. The van der Waals surface area contributed by atoms with Gasteiger partial charge in [-0.2, -0.15) is 0 Å². The van der Waals surface area contributed by atoms with Crippen LogP contribution in [0.1, 0.15) is 38.1 Å².